The predicted octanol–water partition coefficient (Wildman–Crippen LogP) is 6.85. The van der Waals surface area contributed by atoms with Crippen LogP contribution >= 0.6 is 23.4 Å². The van der Waals surface area contributed by atoms with Gasteiger partial charge in [0.25, 0.3) is 0 Å². The fraction of sp³-hybridized carbons (Fsp3) is 0.160. The third-order valence-corrected chi connectivity index (χ3v) is 6.46. The van der Waals surface area contributed by atoms with Crippen molar-refractivity contribution in [1.82, 2.24) is 14.8 Å². The van der Waals surface area contributed by atoms with Crippen LogP contribution in [0.25, 0.3) is 17.1 Å². The fourth-order valence-corrected chi connectivity index (χ4v) is 4.56. The molecule has 1 aromatic heterocycles. The lowest BCUT2D eigenvalue weighted by Crippen LogP contribution is -2.15. The maximum Gasteiger partial charge on any atom is 0.196 e. The number of thioether (sulfide) groups is 1. The monoisotopic (exact) mass is 483 g/mol. The topological polar surface area (TPSA) is 47.8 Å². The van der Waals surface area contributed by atoms with Crippen molar-refractivity contribution in [3.8, 4) is 17.1 Å². The molecule has 1 heterocycles. The van der Waals surface area contributed by atoms with Crippen molar-refractivity contribution < 1.29 is 13.6 Å². The number of hydrogen-bond acceptors (Lipinski definition) is 4. The molecule has 0 aliphatic rings. The number of nitrogens with zero attached hydrogens (tertiary/aromatic N) is 3. The summed E-state index contributed by atoms with van der Waals surface area (Å²) in [6.07, 6.45) is 0. The zero-order valence-corrected chi connectivity index (χ0v) is 19.7. The molecule has 168 valence electrons. The van der Waals surface area contributed by atoms with Gasteiger partial charge in [0.15, 0.2) is 28.4 Å². The van der Waals surface area contributed by atoms with Crippen molar-refractivity contribution in [2.45, 2.75) is 31.2 Å². The van der Waals surface area contributed by atoms with Crippen LogP contribution in [-0.2, 0) is 0 Å². The van der Waals surface area contributed by atoms with Gasteiger partial charge < -0.3 is 0 Å². The van der Waals surface area contributed by atoms with Crippen molar-refractivity contribution in [3.63, 3.8) is 0 Å². The molecule has 33 heavy (non-hydrogen) atoms. The van der Waals surface area contributed by atoms with Gasteiger partial charge in [-0.25, -0.2) is 8.78 Å². The molecule has 0 bridgehead atoms. The highest BCUT2D eigenvalue weighted by Gasteiger charge is 2.24. The summed E-state index contributed by atoms with van der Waals surface area (Å²) in [5.74, 6) is -1.80. The van der Waals surface area contributed by atoms with Crippen LogP contribution < -0.4 is 0 Å². The van der Waals surface area contributed by atoms with Crippen molar-refractivity contribution >= 4 is 29.1 Å². The summed E-state index contributed by atoms with van der Waals surface area (Å²) < 4.78 is 28.8. The largest absolute Gasteiger partial charge is 0.293 e. The number of halogens is 3. The molecule has 1 atom stereocenters. The Morgan fingerprint density at radius 1 is 1.00 bits per heavy atom. The van der Waals surface area contributed by atoms with Crippen molar-refractivity contribution in [2.75, 3.05) is 0 Å². The van der Waals surface area contributed by atoms with E-state index < -0.39 is 16.9 Å². The van der Waals surface area contributed by atoms with Gasteiger partial charge in [0.1, 0.15) is 0 Å². The number of hydrogen-bond donors (Lipinski definition) is 0. The van der Waals surface area contributed by atoms with Gasteiger partial charge in [0.2, 0.25) is 0 Å². The minimum Gasteiger partial charge on any atom is -0.293 e. The zero-order chi connectivity index (χ0) is 23.7. The summed E-state index contributed by atoms with van der Waals surface area (Å²) in [7, 11) is 0. The highest BCUT2D eigenvalue weighted by Crippen LogP contribution is 2.33. The molecule has 4 nitrogen and oxygen atoms in total. The van der Waals surface area contributed by atoms with Crippen molar-refractivity contribution in [1.29, 1.82) is 0 Å². The molecule has 0 fully saturated rings. The number of rotatable bonds is 6. The van der Waals surface area contributed by atoms with Gasteiger partial charge in [-0.1, -0.05) is 47.6 Å². The van der Waals surface area contributed by atoms with Crippen LogP contribution in [0, 0.1) is 25.5 Å². The Morgan fingerprint density at radius 3 is 2.52 bits per heavy atom. The van der Waals surface area contributed by atoms with Gasteiger partial charge in [-0.3, -0.25) is 9.36 Å². The van der Waals surface area contributed by atoms with Crippen LogP contribution in [0.15, 0.2) is 65.8 Å². The molecule has 0 aliphatic carbocycles. The molecule has 4 aromatic rings. The van der Waals surface area contributed by atoms with Gasteiger partial charge >= 0.3 is 0 Å². The maximum absolute atomic E-state index is 13.6. The van der Waals surface area contributed by atoms with E-state index in [0.29, 0.717) is 16.0 Å². The van der Waals surface area contributed by atoms with Crippen LogP contribution in [0.2, 0.25) is 5.02 Å². The van der Waals surface area contributed by atoms with E-state index in [9.17, 15) is 13.6 Å². The highest BCUT2D eigenvalue weighted by atomic mass is 35.5. The van der Waals surface area contributed by atoms with Crippen LogP contribution in [0.5, 0.6) is 0 Å². The predicted molar refractivity (Wildman–Crippen MR) is 127 cm³/mol. The quantitative estimate of drug-likeness (QED) is 0.222. The van der Waals surface area contributed by atoms with E-state index in [1.807, 2.05) is 48.7 Å². The Hall–Kier alpha value is -3.03. The lowest BCUT2D eigenvalue weighted by atomic mass is 10.1. The minimum atomic E-state index is -1.06. The molecule has 0 amide bonds. The first kappa shape index (κ1) is 23.1. The van der Waals surface area contributed by atoms with Gasteiger partial charge in [-0.15, -0.1) is 10.2 Å². The Labute approximate surface area is 199 Å². The molecule has 3 aromatic carbocycles. The SMILES string of the molecule is Cc1ccc(C)c(-n2c(SC(C)C(=O)c3ccc(F)c(F)c3)nnc2-c2cccc(Cl)c2)c1. The van der Waals surface area contributed by atoms with Gasteiger partial charge in [-0.05, 0) is 68.3 Å². The van der Waals surface area contributed by atoms with E-state index in [1.165, 1.54) is 17.8 Å². The number of carbonyl (C=O) groups is 1. The number of aromatic nitrogens is 3. The van der Waals surface area contributed by atoms with E-state index in [1.54, 1.807) is 19.1 Å². The number of carbonyl (C=O) groups excluding carboxylic acids is 1. The van der Waals surface area contributed by atoms with Crippen molar-refractivity contribution in [3.05, 3.63) is 94.0 Å². The summed E-state index contributed by atoms with van der Waals surface area (Å²) in [6, 6.07) is 16.5. The first-order chi connectivity index (χ1) is 15.7. The normalized spacial score (nSPS) is 12.1. The van der Waals surface area contributed by atoms with Crippen molar-refractivity contribution in [2.24, 2.45) is 0 Å². The van der Waals surface area contributed by atoms with Gasteiger partial charge in [-0.2, -0.15) is 0 Å². The average Bonchev–Trinajstić information content (AvgIpc) is 3.20. The van der Waals surface area contributed by atoms with E-state index in [-0.39, 0.29) is 11.3 Å². The molecule has 0 spiro atoms. The first-order valence-electron chi connectivity index (χ1n) is 10.2. The molecule has 0 aliphatic heterocycles. The minimum absolute atomic E-state index is 0.0989. The molecule has 8 heteroatoms. The second kappa shape index (κ2) is 9.45. The molecule has 4 rings (SSSR count). The maximum atomic E-state index is 13.6. The smallest absolute Gasteiger partial charge is 0.196 e. The van der Waals surface area contributed by atoms with Crippen LogP contribution in [0.3, 0.4) is 0 Å². The zero-order valence-electron chi connectivity index (χ0n) is 18.1. The summed E-state index contributed by atoms with van der Waals surface area (Å²) in [5.41, 5.74) is 3.82. The Morgan fingerprint density at radius 2 is 1.79 bits per heavy atom. The lowest BCUT2D eigenvalue weighted by Gasteiger charge is -2.16. The molecule has 0 saturated heterocycles. The van der Waals surface area contributed by atoms with E-state index in [0.717, 1.165) is 34.5 Å². The van der Waals surface area contributed by atoms with Crippen LogP contribution in [-0.4, -0.2) is 25.8 Å². The fourth-order valence-electron chi connectivity index (χ4n) is 3.43. The third kappa shape index (κ3) is 4.84. The van der Waals surface area contributed by atoms with E-state index in [4.69, 9.17) is 11.6 Å². The van der Waals surface area contributed by atoms with Crippen LogP contribution in [0.1, 0.15) is 28.4 Å². The molecule has 0 radical (unpaired) electrons. The second-order valence-corrected chi connectivity index (χ2v) is 9.44. The highest BCUT2D eigenvalue weighted by molar-refractivity contribution is 8.00. The number of ketones is 1. The molecular weight excluding hydrogens is 464 g/mol. The Balaban J connectivity index is 1.77. The summed E-state index contributed by atoms with van der Waals surface area (Å²) in [4.78, 5) is 12.9. The summed E-state index contributed by atoms with van der Waals surface area (Å²) in [6.45, 7) is 5.69. The van der Waals surface area contributed by atoms with Crippen LogP contribution in [0.4, 0.5) is 8.78 Å². The number of benzene rings is 3. The molecular formula is C25H20ClF2N3OS. The second-order valence-electron chi connectivity index (χ2n) is 7.70. The lowest BCUT2D eigenvalue weighted by molar-refractivity contribution is 0.0993. The average molecular weight is 484 g/mol. The van der Waals surface area contributed by atoms with Gasteiger partial charge in [0.05, 0.1) is 10.9 Å². The van der Waals surface area contributed by atoms with E-state index >= 15 is 0 Å². The number of Topliss-reactive ketones (excluding diaryl/α,β-unsaturated/α-hetero) is 1. The molecule has 0 N–H and O–H groups in total. The first-order valence-corrected chi connectivity index (χ1v) is 11.5. The van der Waals surface area contributed by atoms with Gasteiger partial charge in [0, 0.05) is 16.1 Å². The molecule has 1 unspecified atom stereocenters. The molecule has 0 saturated carbocycles. The van der Waals surface area contributed by atoms with E-state index in [2.05, 4.69) is 10.2 Å². The standard InChI is InChI=1S/C25H20ClF2N3OS/c1-14-7-8-15(2)22(11-14)31-24(18-5-4-6-19(26)12-18)29-30-25(31)33-16(3)23(32)17-9-10-20(27)21(28)13-17/h4-13,16H,1-3H3. The summed E-state index contributed by atoms with van der Waals surface area (Å²) in [5, 5.41) is 9.22. The third-order valence-electron chi connectivity index (χ3n) is 5.18. The summed E-state index contributed by atoms with van der Waals surface area (Å²) >= 11 is 7.41. The Bertz CT molecular complexity index is 1360. The number of aryl methyl sites for hydroxylation is 2. The Kier molecular flexibility index (Phi) is 6.63.